The maximum atomic E-state index is 12.5. The van der Waals surface area contributed by atoms with Gasteiger partial charge in [0.1, 0.15) is 11.9 Å². The van der Waals surface area contributed by atoms with Gasteiger partial charge in [0, 0.05) is 29.5 Å². The predicted molar refractivity (Wildman–Crippen MR) is 96.6 cm³/mol. The summed E-state index contributed by atoms with van der Waals surface area (Å²) in [7, 11) is 0. The Hall–Kier alpha value is -1.69. The number of benzene rings is 1. The van der Waals surface area contributed by atoms with Crippen molar-refractivity contribution in [3.63, 3.8) is 0 Å². The van der Waals surface area contributed by atoms with Gasteiger partial charge in [-0.1, -0.05) is 12.1 Å². The molecule has 5 nitrogen and oxygen atoms in total. The number of hydrogen-bond acceptors (Lipinski definition) is 4. The number of carbonyl (C=O) groups excluding carboxylic acids is 2. The lowest BCUT2D eigenvalue weighted by Gasteiger charge is -2.35. The Morgan fingerprint density at radius 2 is 2.12 bits per heavy atom. The third-order valence-electron chi connectivity index (χ3n) is 5.68. The molecule has 1 aromatic rings. The third kappa shape index (κ3) is 3.64. The topological polar surface area (TPSA) is 67.4 Å². The Morgan fingerprint density at radius 3 is 2.88 bits per heavy atom. The largest absolute Gasteiger partial charge is 0.487 e. The second kappa shape index (κ2) is 6.90. The number of thioether (sulfide) groups is 1. The highest BCUT2D eigenvalue weighted by Gasteiger charge is 2.42. The van der Waals surface area contributed by atoms with Crippen LogP contribution in [-0.2, 0) is 9.59 Å². The van der Waals surface area contributed by atoms with Gasteiger partial charge in [-0.3, -0.25) is 9.59 Å². The third-order valence-corrected chi connectivity index (χ3v) is 6.87. The Kier molecular flexibility index (Phi) is 4.63. The molecule has 1 aliphatic carbocycles. The summed E-state index contributed by atoms with van der Waals surface area (Å²) in [6.07, 6.45) is 4.34. The molecule has 1 saturated heterocycles. The number of carbonyl (C=O) groups is 2. The van der Waals surface area contributed by atoms with Crippen molar-refractivity contribution < 1.29 is 14.3 Å². The van der Waals surface area contributed by atoms with Gasteiger partial charge >= 0.3 is 0 Å². The first-order valence-electron chi connectivity index (χ1n) is 9.06. The first kappa shape index (κ1) is 16.8. The molecule has 4 rings (SSSR count). The van der Waals surface area contributed by atoms with E-state index in [2.05, 4.69) is 16.7 Å². The Morgan fingerprint density at radius 1 is 1.32 bits per heavy atom. The van der Waals surface area contributed by atoms with Crippen LogP contribution in [-0.4, -0.2) is 36.8 Å². The van der Waals surface area contributed by atoms with Gasteiger partial charge in [-0.25, -0.2) is 0 Å². The van der Waals surface area contributed by atoms with Crippen LogP contribution in [0.25, 0.3) is 0 Å². The fourth-order valence-electron chi connectivity index (χ4n) is 4.12. The number of hydrogen-bond donors (Lipinski definition) is 2. The van der Waals surface area contributed by atoms with Crippen molar-refractivity contribution in [2.24, 2.45) is 11.3 Å². The van der Waals surface area contributed by atoms with Gasteiger partial charge in [-0.15, -0.1) is 11.8 Å². The van der Waals surface area contributed by atoms with E-state index in [4.69, 9.17) is 4.74 Å². The lowest BCUT2D eigenvalue weighted by atomic mass is 9.70. The van der Waals surface area contributed by atoms with E-state index in [-0.39, 0.29) is 29.3 Å². The molecular formula is C19H24N2O3S. The van der Waals surface area contributed by atoms with E-state index in [1.165, 1.54) is 4.90 Å². The molecular weight excluding hydrogens is 336 g/mol. The van der Waals surface area contributed by atoms with Crippen LogP contribution in [0.5, 0.6) is 5.75 Å². The van der Waals surface area contributed by atoms with Crippen LogP contribution in [0.2, 0.25) is 0 Å². The van der Waals surface area contributed by atoms with E-state index in [0.717, 1.165) is 43.7 Å². The molecule has 2 aliphatic heterocycles. The van der Waals surface area contributed by atoms with Crippen molar-refractivity contribution in [2.75, 3.05) is 18.8 Å². The highest BCUT2D eigenvalue weighted by molar-refractivity contribution is 7.99. The van der Waals surface area contributed by atoms with Crippen LogP contribution in [0.4, 0.5) is 0 Å². The van der Waals surface area contributed by atoms with Gasteiger partial charge in [0.2, 0.25) is 11.8 Å². The number of amides is 2. The van der Waals surface area contributed by atoms with Crippen molar-refractivity contribution in [1.29, 1.82) is 0 Å². The summed E-state index contributed by atoms with van der Waals surface area (Å²) in [6, 6.07) is 8.03. The zero-order valence-corrected chi connectivity index (χ0v) is 15.1. The van der Waals surface area contributed by atoms with Gasteiger partial charge in [0.15, 0.2) is 0 Å². The maximum Gasteiger partial charge on any atom is 0.223 e. The van der Waals surface area contributed by atoms with E-state index in [0.29, 0.717) is 13.0 Å². The molecule has 1 saturated carbocycles. The summed E-state index contributed by atoms with van der Waals surface area (Å²) >= 11 is 1.78. The minimum atomic E-state index is 0.0236. The number of nitrogens with one attached hydrogen (secondary N) is 2. The molecule has 1 atom stereocenters. The average Bonchev–Trinajstić information content (AvgIpc) is 3.00. The summed E-state index contributed by atoms with van der Waals surface area (Å²) in [5.74, 6) is 2.15. The molecule has 1 unspecified atom stereocenters. The summed E-state index contributed by atoms with van der Waals surface area (Å²) in [5, 5.41) is 6.02. The van der Waals surface area contributed by atoms with Gasteiger partial charge in [0.05, 0.1) is 6.54 Å². The average molecular weight is 360 g/mol. The highest BCUT2D eigenvalue weighted by Crippen LogP contribution is 2.43. The standard InChI is InChI=1S/C19H24N2O3S/c22-17-9-19(12-21-17)7-5-13(6-8-19)18(23)20-10-14-11-25-16-4-2-1-3-15(16)24-14/h1-4,13-14H,5-12H2,(H,20,23)(H,21,22). The van der Waals surface area contributed by atoms with Crippen molar-refractivity contribution in [3.8, 4) is 5.75 Å². The van der Waals surface area contributed by atoms with Crippen molar-refractivity contribution in [3.05, 3.63) is 24.3 Å². The second-order valence-electron chi connectivity index (χ2n) is 7.47. The van der Waals surface area contributed by atoms with E-state index < -0.39 is 0 Å². The van der Waals surface area contributed by atoms with Crippen LogP contribution in [0.3, 0.4) is 0 Å². The molecule has 0 aromatic heterocycles. The summed E-state index contributed by atoms with van der Waals surface area (Å²) in [6.45, 7) is 1.34. The number of para-hydroxylation sites is 1. The van der Waals surface area contributed by atoms with Gasteiger partial charge in [0.25, 0.3) is 0 Å². The number of ether oxygens (including phenoxy) is 1. The smallest absolute Gasteiger partial charge is 0.223 e. The van der Waals surface area contributed by atoms with Crippen LogP contribution < -0.4 is 15.4 Å². The van der Waals surface area contributed by atoms with Crippen molar-refractivity contribution >= 4 is 23.6 Å². The Balaban J connectivity index is 1.24. The molecule has 3 aliphatic rings. The summed E-state index contributed by atoms with van der Waals surface area (Å²) < 4.78 is 5.98. The van der Waals surface area contributed by atoms with Crippen molar-refractivity contribution in [1.82, 2.24) is 10.6 Å². The molecule has 2 N–H and O–H groups in total. The lowest BCUT2D eigenvalue weighted by Crippen LogP contribution is -2.42. The fraction of sp³-hybridized carbons (Fsp3) is 0.579. The molecule has 0 radical (unpaired) electrons. The van der Waals surface area contributed by atoms with E-state index >= 15 is 0 Å². The van der Waals surface area contributed by atoms with Crippen LogP contribution in [0, 0.1) is 11.3 Å². The zero-order chi connectivity index (χ0) is 17.3. The van der Waals surface area contributed by atoms with Crippen molar-refractivity contribution in [2.45, 2.75) is 43.1 Å². The molecule has 2 fully saturated rings. The van der Waals surface area contributed by atoms with E-state index in [1.807, 2.05) is 18.2 Å². The molecule has 2 amide bonds. The SMILES string of the molecule is O=C1CC2(CCC(C(=O)NCC3CSc4ccccc4O3)CC2)CN1. The predicted octanol–water partition coefficient (Wildman–Crippen LogP) is 2.35. The van der Waals surface area contributed by atoms with Crippen LogP contribution >= 0.6 is 11.8 Å². The van der Waals surface area contributed by atoms with Gasteiger partial charge in [-0.2, -0.15) is 0 Å². The molecule has 1 spiro atoms. The fourth-order valence-corrected chi connectivity index (χ4v) is 5.10. The first-order chi connectivity index (χ1) is 12.1. The van der Waals surface area contributed by atoms with Gasteiger partial charge in [-0.05, 0) is 43.2 Å². The second-order valence-corrected chi connectivity index (χ2v) is 8.53. The monoisotopic (exact) mass is 360 g/mol. The summed E-state index contributed by atoms with van der Waals surface area (Å²) in [4.78, 5) is 25.2. The maximum absolute atomic E-state index is 12.5. The van der Waals surface area contributed by atoms with E-state index in [9.17, 15) is 9.59 Å². The van der Waals surface area contributed by atoms with Crippen LogP contribution in [0.1, 0.15) is 32.1 Å². The minimum absolute atomic E-state index is 0.0236. The first-order valence-corrected chi connectivity index (χ1v) is 10.1. The molecule has 1 aromatic carbocycles. The highest BCUT2D eigenvalue weighted by atomic mass is 32.2. The lowest BCUT2D eigenvalue weighted by molar-refractivity contribution is -0.127. The minimum Gasteiger partial charge on any atom is -0.487 e. The molecule has 2 heterocycles. The Labute approximate surface area is 152 Å². The Bertz CT molecular complexity index is 670. The number of rotatable bonds is 3. The molecule has 0 bridgehead atoms. The summed E-state index contributed by atoms with van der Waals surface area (Å²) in [5.41, 5.74) is 0.112. The normalized spacial score (nSPS) is 31.1. The van der Waals surface area contributed by atoms with Crippen LogP contribution in [0.15, 0.2) is 29.2 Å². The molecule has 6 heteroatoms. The zero-order valence-electron chi connectivity index (χ0n) is 14.3. The quantitative estimate of drug-likeness (QED) is 0.868. The molecule has 25 heavy (non-hydrogen) atoms. The van der Waals surface area contributed by atoms with E-state index in [1.54, 1.807) is 11.8 Å². The molecule has 134 valence electrons. The van der Waals surface area contributed by atoms with Gasteiger partial charge < -0.3 is 15.4 Å². The number of fused-ring (bicyclic) bond motifs is 1.